The molecule has 0 radical (unpaired) electrons. The van der Waals surface area contributed by atoms with Gasteiger partial charge in [0.1, 0.15) is 5.69 Å². The number of rotatable bonds is 7. The van der Waals surface area contributed by atoms with Gasteiger partial charge in [0, 0.05) is 12.6 Å². The summed E-state index contributed by atoms with van der Waals surface area (Å²) in [4.78, 5) is 24.1. The van der Waals surface area contributed by atoms with Gasteiger partial charge in [0.05, 0.1) is 12.6 Å². The van der Waals surface area contributed by atoms with Gasteiger partial charge in [-0.3, -0.25) is 9.59 Å². The Morgan fingerprint density at radius 1 is 1.21 bits per heavy atom. The number of aliphatic hydroxyl groups excluding tert-OH is 1. The third-order valence-electron chi connectivity index (χ3n) is 3.77. The van der Waals surface area contributed by atoms with Crippen molar-refractivity contribution >= 4 is 5.91 Å². The zero-order valence-corrected chi connectivity index (χ0v) is 14.0. The number of aliphatic hydroxyl groups is 1. The van der Waals surface area contributed by atoms with Crippen LogP contribution in [-0.2, 0) is 6.54 Å². The second-order valence-electron chi connectivity index (χ2n) is 6.06. The minimum absolute atomic E-state index is 0.146. The number of carbonyl (C=O) groups is 1. The van der Waals surface area contributed by atoms with Gasteiger partial charge in [-0.2, -0.15) is 5.10 Å². The van der Waals surface area contributed by atoms with E-state index in [9.17, 15) is 14.7 Å². The molecule has 1 aromatic carbocycles. The SMILES string of the molecule is CC(C)C(O)CCNC(=O)c1ccc(=O)n(Cc2ccccc2)n1. The quantitative estimate of drug-likeness (QED) is 0.805. The number of hydrogen-bond donors (Lipinski definition) is 2. The minimum Gasteiger partial charge on any atom is -0.393 e. The van der Waals surface area contributed by atoms with Crippen LogP contribution in [0.4, 0.5) is 0 Å². The van der Waals surface area contributed by atoms with Gasteiger partial charge in [0.25, 0.3) is 11.5 Å². The lowest BCUT2D eigenvalue weighted by molar-refractivity contribution is 0.0913. The van der Waals surface area contributed by atoms with Crippen LogP contribution in [0.5, 0.6) is 0 Å². The summed E-state index contributed by atoms with van der Waals surface area (Å²) in [7, 11) is 0. The van der Waals surface area contributed by atoms with E-state index in [1.807, 2.05) is 44.2 Å². The van der Waals surface area contributed by atoms with Crippen LogP contribution in [0.1, 0.15) is 36.3 Å². The van der Waals surface area contributed by atoms with Crippen LogP contribution in [0.2, 0.25) is 0 Å². The van der Waals surface area contributed by atoms with Crippen molar-refractivity contribution in [2.45, 2.75) is 32.9 Å². The molecule has 0 aliphatic carbocycles. The first kappa shape index (κ1) is 17.9. The second-order valence-corrected chi connectivity index (χ2v) is 6.06. The molecular formula is C18H23N3O3. The average molecular weight is 329 g/mol. The smallest absolute Gasteiger partial charge is 0.271 e. The van der Waals surface area contributed by atoms with Gasteiger partial charge in [-0.15, -0.1) is 0 Å². The summed E-state index contributed by atoms with van der Waals surface area (Å²) in [6.45, 7) is 4.52. The van der Waals surface area contributed by atoms with Crippen molar-refractivity contribution in [2.24, 2.45) is 5.92 Å². The molecule has 128 valence electrons. The molecule has 0 aliphatic heterocycles. The summed E-state index contributed by atoms with van der Waals surface area (Å²) in [5.74, 6) is -0.208. The first-order valence-electron chi connectivity index (χ1n) is 8.05. The number of amides is 1. The molecule has 2 N–H and O–H groups in total. The normalized spacial score (nSPS) is 12.2. The summed E-state index contributed by atoms with van der Waals surface area (Å²) >= 11 is 0. The summed E-state index contributed by atoms with van der Waals surface area (Å²) in [5, 5.41) is 16.6. The Hall–Kier alpha value is -2.47. The maximum Gasteiger partial charge on any atom is 0.271 e. The lowest BCUT2D eigenvalue weighted by Gasteiger charge is -2.14. The van der Waals surface area contributed by atoms with Gasteiger partial charge in [-0.05, 0) is 24.0 Å². The van der Waals surface area contributed by atoms with Gasteiger partial charge in [0.15, 0.2) is 0 Å². The largest absolute Gasteiger partial charge is 0.393 e. The molecule has 6 nitrogen and oxygen atoms in total. The third kappa shape index (κ3) is 5.03. The number of benzene rings is 1. The zero-order chi connectivity index (χ0) is 17.5. The van der Waals surface area contributed by atoms with Crippen molar-refractivity contribution in [3.05, 3.63) is 64.1 Å². The Kier molecular flexibility index (Phi) is 6.26. The second kappa shape index (κ2) is 8.40. The maximum atomic E-state index is 12.1. The van der Waals surface area contributed by atoms with Gasteiger partial charge < -0.3 is 10.4 Å². The lowest BCUT2D eigenvalue weighted by Crippen LogP contribution is -2.32. The number of nitrogens with zero attached hydrogens (tertiary/aromatic N) is 2. The van der Waals surface area contributed by atoms with E-state index in [4.69, 9.17) is 0 Å². The van der Waals surface area contributed by atoms with E-state index in [0.29, 0.717) is 19.5 Å². The molecule has 0 bridgehead atoms. The van der Waals surface area contributed by atoms with Crippen LogP contribution in [0.25, 0.3) is 0 Å². The Labute approximate surface area is 141 Å². The number of carbonyl (C=O) groups excluding carboxylic acids is 1. The number of aromatic nitrogens is 2. The van der Waals surface area contributed by atoms with Crippen molar-refractivity contribution < 1.29 is 9.90 Å². The summed E-state index contributed by atoms with van der Waals surface area (Å²) in [5.41, 5.74) is 0.861. The molecule has 1 unspecified atom stereocenters. The highest BCUT2D eigenvalue weighted by molar-refractivity contribution is 5.91. The van der Waals surface area contributed by atoms with Crippen LogP contribution in [0, 0.1) is 5.92 Å². The first-order valence-corrected chi connectivity index (χ1v) is 8.05. The van der Waals surface area contributed by atoms with Gasteiger partial charge in [-0.25, -0.2) is 4.68 Å². The Bertz CT molecular complexity index is 726. The molecule has 0 fully saturated rings. The molecule has 2 aromatic rings. The summed E-state index contributed by atoms with van der Waals surface area (Å²) in [6.07, 6.45) is 0.0258. The minimum atomic E-state index is -0.453. The first-order chi connectivity index (χ1) is 11.5. The van der Waals surface area contributed by atoms with E-state index >= 15 is 0 Å². The van der Waals surface area contributed by atoms with Crippen LogP contribution >= 0.6 is 0 Å². The Balaban J connectivity index is 2.02. The molecule has 2 rings (SSSR count). The number of nitrogens with one attached hydrogen (secondary N) is 1. The monoisotopic (exact) mass is 329 g/mol. The van der Waals surface area contributed by atoms with Gasteiger partial charge in [0.2, 0.25) is 0 Å². The van der Waals surface area contributed by atoms with Crippen LogP contribution in [0.3, 0.4) is 0 Å². The van der Waals surface area contributed by atoms with Crippen molar-refractivity contribution in [1.82, 2.24) is 15.1 Å². The Morgan fingerprint density at radius 3 is 2.58 bits per heavy atom. The van der Waals surface area contributed by atoms with E-state index < -0.39 is 6.10 Å². The third-order valence-corrected chi connectivity index (χ3v) is 3.77. The van der Waals surface area contributed by atoms with Crippen molar-refractivity contribution in [3.63, 3.8) is 0 Å². The molecule has 1 atom stereocenters. The molecule has 0 spiro atoms. The molecule has 1 amide bonds. The fourth-order valence-electron chi connectivity index (χ4n) is 2.20. The topological polar surface area (TPSA) is 84.2 Å². The van der Waals surface area contributed by atoms with Crippen LogP contribution in [-0.4, -0.2) is 33.4 Å². The highest BCUT2D eigenvalue weighted by Crippen LogP contribution is 2.04. The Morgan fingerprint density at radius 2 is 1.92 bits per heavy atom. The van der Waals surface area contributed by atoms with E-state index in [2.05, 4.69) is 10.4 Å². The molecule has 6 heteroatoms. The predicted octanol–water partition coefficient (Wildman–Crippen LogP) is 1.43. The van der Waals surface area contributed by atoms with Gasteiger partial charge in [-0.1, -0.05) is 44.2 Å². The maximum absolute atomic E-state index is 12.1. The molecule has 0 saturated carbocycles. The summed E-state index contributed by atoms with van der Waals surface area (Å²) in [6, 6.07) is 12.2. The highest BCUT2D eigenvalue weighted by atomic mass is 16.3. The van der Waals surface area contributed by atoms with Gasteiger partial charge >= 0.3 is 0 Å². The molecular weight excluding hydrogens is 306 g/mol. The summed E-state index contributed by atoms with van der Waals surface area (Å²) < 4.78 is 1.27. The van der Waals surface area contributed by atoms with E-state index in [1.165, 1.54) is 16.8 Å². The van der Waals surface area contributed by atoms with Crippen molar-refractivity contribution in [2.75, 3.05) is 6.54 Å². The van der Waals surface area contributed by atoms with Crippen molar-refractivity contribution in [1.29, 1.82) is 0 Å². The van der Waals surface area contributed by atoms with Crippen LogP contribution in [0.15, 0.2) is 47.3 Å². The van der Waals surface area contributed by atoms with E-state index in [-0.39, 0.29) is 23.1 Å². The molecule has 1 heterocycles. The predicted molar refractivity (Wildman–Crippen MR) is 91.8 cm³/mol. The van der Waals surface area contributed by atoms with E-state index in [1.54, 1.807) is 0 Å². The lowest BCUT2D eigenvalue weighted by atomic mass is 10.0. The standard InChI is InChI=1S/C18H23N3O3/c1-13(2)16(22)10-11-19-18(24)15-8-9-17(23)21(20-15)12-14-6-4-3-5-7-14/h3-9,13,16,22H,10-12H2,1-2H3,(H,19,24). The highest BCUT2D eigenvalue weighted by Gasteiger charge is 2.12. The zero-order valence-electron chi connectivity index (χ0n) is 14.0. The average Bonchev–Trinajstić information content (AvgIpc) is 2.57. The number of hydrogen-bond acceptors (Lipinski definition) is 4. The molecule has 0 saturated heterocycles. The fourth-order valence-corrected chi connectivity index (χ4v) is 2.20. The van der Waals surface area contributed by atoms with Crippen molar-refractivity contribution in [3.8, 4) is 0 Å². The van der Waals surface area contributed by atoms with E-state index in [0.717, 1.165) is 5.56 Å². The fraction of sp³-hybridized carbons (Fsp3) is 0.389. The molecule has 1 aromatic heterocycles. The van der Waals surface area contributed by atoms with Crippen LogP contribution < -0.4 is 10.9 Å². The molecule has 0 aliphatic rings. The molecule has 24 heavy (non-hydrogen) atoms.